The standard InChI is InChI=1S/C23H32N2O3/c1-23(2,3)28-22(27)25(15-9-17-26)16-14-19-10-8-13-21(18-19)24(4)20-11-6-5-7-12-20/h5-8,10-13,18,26H,9,14-17H2,1-4H3. The lowest BCUT2D eigenvalue weighted by atomic mass is 10.1. The first-order valence-corrected chi connectivity index (χ1v) is 9.76. The molecule has 5 heteroatoms. The molecule has 0 aliphatic carbocycles. The molecule has 0 aliphatic heterocycles. The molecule has 28 heavy (non-hydrogen) atoms. The molecule has 0 heterocycles. The molecule has 0 saturated carbocycles. The van der Waals surface area contributed by atoms with Crippen molar-refractivity contribution in [2.45, 2.75) is 39.2 Å². The normalized spacial score (nSPS) is 11.2. The number of carbonyl (C=O) groups excluding carboxylic acids is 1. The average Bonchev–Trinajstić information content (AvgIpc) is 2.67. The van der Waals surface area contributed by atoms with Crippen molar-refractivity contribution < 1.29 is 14.6 Å². The molecule has 2 aromatic rings. The Morgan fingerprint density at radius 1 is 1.00 bits per heavy atom. The van der Waals surface area contributed by atoms with Crippen molar-refractivity contribution >= 4 is 17.5 Å². The number of amides is 1. The summed E-state index contributed by atoms with van der Waals surface area (Å²) in [5.74, 6) is 0. The predicted octanol–water partition coefficient (Wildman–Crippen LogP) is 4.62. The summed E-state index contributed by atoms with van der Waals surface area (Å²) in [5, 5.41) is 9.14. The first-order valence-electron chi connectivity index (χ1n) is 9.76. The first-order chi connectivity index (χ1) is 13.3. The maximum atomic E-state index is 12.5. The van der Waals surface area contributed by atoms with Crippen molar-refractivity contribution in [3.8, 4) is 0 Å². The lowest BCUT2D eigenvalue weighted by Gasteiger charge is -2.27. The summed E-state index contributed by atoms with van der Waals surface area (Å²) in [6.45, 7) is 6.66. The Hall–Kier alpha value is -2.53. The first kappa shape index (κ1) is 21.8. The van der Waals surface area contributed by atoms with Gasteiger partial charge in [-0.3, -0.25) is 0 Å². The number of ether oxygens (including phenoxy) is 1. The number of nitrogens with zero attached hydrogens (tertiary/aromatic N) is 2. The van der Waals surface area contributed by atoms with Crippen LogP contribution in [0.4, 0.5) is 16.2 Å². The van der Waals surface area contributed by atoms with Crippen LogP contribution in [0.15, 0.2) is 54.6 Å². The van der Waals surface area contributed by atoms with Crippen LogP contribution in [0.2, 0.25) is 0 Å². The van der Waals surface area contributed by atoms with E-state index >= 15 is 0 Å². The van der Waals surface area contributed by atoms with Gasteiger partial charge in [-0.25, -0.2) is 4.79 Å². The van der Waals surface area contributed by atoms with E-state index in [2.05, 4.69) is 35.2 Å². The van der Waals surface area contributed by atoms with E-state index in [9.17, 15) is 4.79 Å². The van der Waals surface area contributed by atoms with Crippen molar-refractivity contribution in [2.75, 3.05) is 31.6 Å². The summed E-state index contributed by atoms with van der Waals surface area (Å²) in [7, 11) is 2.04. The van der Waals surface area contributed by atoms with Crippen molar-refractivity contribution in [2.24, 2.45) is 0 Å². The molecule has 152 valence electrons. The minimum absolute atomic E-state index is 0.0522. The Bertz CT molecular complexity index is 741. The third-order valence-corrected chi connectivity index (χ3v) is 4.35. The summed E-state index contributed by atoms with van der Waals surface area (Å²) >= 11 is 0. The average molecular weight is 385 g/mol. The number of rotatable bonds is 8. The molecule has 1 N–H and O–H groups in total. The molecular formula is C23H32N2O3. The second-order valence-electron chi connectivity index (χ2n) is 7.86. The van der Waals surface area contributed by atoms with Gasteiger partial charge in [0.15, 0.2) is 0 Å². The Morgan fingerprint density at radius 3 is 2.32 bits per heavy atom. The van der Waals surface area contributed by atoms with E-state index < -0.39 is 5.60 Å². The highest BCUT2D eigenvalue weighted by Gasteiger charge is 2.21. The largest absolute Gasteiger partial charge is 0.444 e. The zero-order valence-electron chi connectivity index (χ0n) is 17.4. The molecule has 2 aromatic carbocycles. The fraction of sp³-hybridized carbons (Fsp3) is 0.435. The molecule has 0 aromatic heterocycles. The third kappa shape index (κ3) is 6.89. The number of carbonyl (C=O) groups is 1. The molecule has 0 radical (unpaired) electrons. The van der Waals surface area contributed by atoms with Crippen molar-refractivity contribution in [3.05, 3.63) is 60.2 Å². The number of aliphatic hydroxyl groups is 1. The van der Waals surface area contributed by atoms with Gasteiger partial charge in [0, 0.05) is 38.1 Å². The number of aliphatic hydroxyl groups excluding tert-OH is 1. The molecule has 0 saturated heterocycles. The van der Waals surface area contributed by atoms with E-state index in [1.807, 2.05) is 52.1 Å². The van der Waals surface area contributed by atoms with Crippen LogP contribution in [0, 0.1) is 0 Å². The highest BCUT2D eigenvalue weighted by Crippen LogP contribution is 2.24. The van der Waals surface area contributed by atoms with Gasteiger partial charge >= 0.3 is 6.09 Å². The minimum Gasteiger partial charge on any atom is -0.444 e. The predicted molar refractivity (Wildman–Crippen MR) is 114 cm³/mol. The Balaban J connectivity index is 2.05. The van der Waals surface area contributed by atoms with Gasteiger partial charge in [-0.2, -0.15) is 0 Å². The number of para-hydroxylation sites is 1. The van der Waals surface area contributed by atoms with Gasteiger partial charge in [-0.1, -0.05) is 30.3 Å². The topological polar surface area (TPSA) is 53.0 Å². The van der Waals surface area contributed by atoms with Gasteiger partial charge in [0.25, 0.3) is 0 Å². The Morgan fingerprint density at radius 2 is 1.68 bits per heavy atom. The lowest BCUT2D eigenvalue weighted by Crippen LogP contribution is -2.38. The van der Waals surface area contributed by atoms with Crippen LogP contribution < -0.4 is 4.90 Å². The molecular weight excluding hydrogens is 352 g/mol. The van der Waals surface area contributed by atoms with Crippen LogP contribution in [-0.2, 0) is 11.2 Å². The second-order valence-corrected chi connectivity index (χ2v) is 7.86. The molecule has 0 spiro atoms. The zero-order valence-corrected chi connectivity index (χ0v) is 17.4. The fourth-order valence-corrected chi connectivity index (χ4v) is 2.87. The molecule has 5 nitrogen and oxygen atoms in total. The van der Waals surface area contributed by atoms with Gasteiger partial charge in [0.2, 0.25) is 0 Å². The maximum Gasteiger partial charge on any atom is 0.410 e. The smallest absolute Gasteiger partial charge is 0.410 e. The molecule has 2 rings (SSSR count). The quantitative estimate of drug-likeness (QED) is 0.722. The summed E-state index contributed by atoms with van der Waals surface area (Å²) in [4.78, 5) is 16.3. The van der Waals surface area contributed by atoms with E-state index in [0.717, 1.165) is 23.4 Å². The van der Waals surface area contributed by atoms with Crippen molar-refractivity contribution in [1.29, 1.82) is 0 Å². The van der Waals surface area contributed by atoms with Gasteiger partial charge < -0.3 is 19.6 Å². The highest BCUT2D eigenvalue weighted by molar-refractivity contribution is 5.68. The van der Waals surface area contributed by atoms with Crippen LogP contribution >= 0.6 is 0 Å². The second kappa shape index (κ2) is 10.1. The summed E-state index contributed by atoms with van der Waals surface area (Å²) in [6, 6.07) is 18.5. The van der Waals surface area contributed by atoms with E-state index in [-0.39, 0.29) is 12.7 Å². The van der Waals surface area contributed by atoms with Crippen LogP contribution in [0.25, 0.3) is 0 Å². The number of anilines is 2. The van der Waals surface area contributed by atoms with Crippen molar-refractivity contribution in [3.63, 3.8) is 0 Å². The number of hydrogen-bond donors (Lipinski definition) is 1. The van der Waals surface area contributed by atoms with Crippen LogP contribution in [0.5, 0.6) is 0 Å². The Labute approximate surface area is 168 Å². The van der Waals surface area contributed by atoms with Crippen LogP contribution in [0.3, 0.4) is 0 Å². The van der Waals surface area contributed by atoms with Crippen LogP contribution in [-0.4, -0.2) is 48.4 Å². The summed E-state index contributed by atoms with van der Waals surface area (Å²) in [5.41, 5.74) is 2.84. The van der Waals surface area contributed by atoms with E-state index in [4.69, 9.17) is 9.84 Å². The number of hydrogen-bond acceptors (Lipinski definition) is 4. The third-order valence-electron chi connectivity index (χ3n) is 4.35. The number of benzene rings is 2. The van der Waals surface area contributed by atoms with Gasteiger partial charge in [-0.15, -0.1) is 0 Å². The zero-order chi connectivity index (χ0) is 20.6. The van der Waals surface area contributed by atoms with Crippen LogP contribution in [0.1, 0.15) is 32.8 Å². The molecule has 1 amide bonds. The Kier molecular flexibility index (Phi) is 7.88. The molecule has 0 unspecified atom stereocenters. The van der Waals surface area contributed by atoms with Crippen molar-refractivity contribution in [1.82, 2.24) is 4.90 Å². The monoisotopic (exact) mass is 384 g/mol. The summed E-state index contributed by atoms with van der Waals surface area (Å²) in [6.07, 6.45) is 0.926. The lowest BCUT2D eigenvalue weighted by molar-refractivity contribution is 0.0243. The van der Waals surface area contributed by atoms with E-state index in [1.165, 1.54) is 0 Å². The SMILES string of the molecule is CN(c1ccccc1)c1cccc(CCN(CCCO)C(=O)OC(C)(C)C)c1. The molecule has 0 bridgehead atoms. The maximum absolute atomic E-state index is 12.5. The van der Waals surface area contributed by atoms with E-state index in [1.54, 1.807) is 4.90 Å². The van der Waals surface area contributed by atoms with E-state index in [0.29, 0.717) is 19.5 Å². The van der Waals surface area contributed by atoms with Gasteiger partial charge in [0.1, 0.15) is 5.60 Å². The molecule has 0 aliphatic rings. The molecule has 0 atom stereocenters. The minimum atomic E-state index is -0.535. The highest BCUT2D eigenvalue weighted by atomic mass is 16.6. The molecule has 0 fully saturated rings. The van der Waals surface area contributed by atoms with Gasteiger partial charge in [0.05, 0.1) is 0 Å². The van der Waals surface area contributed by atoms with Gasteiger partial charge in [-0.05, 0) is 63.4 Å². The summed E-state index contributed by atoms with van der Waals surface area (Å²) < 4.78 is 5.50. The fourth-order valence-electron chi connectivity index (χ4n) is 2.87.